The Labute approximate surface area is 314 Å². The van der Waals surface area contributed by atoms with Crippen molar-refractivity contribution in [3.8, 4) is 41.8 Å². The summed E-state index contributed by atoms with van der Waals surface area (Å²) in [5.74, 6) is -0.554. The van der Waals surface area contributed by atoms with Gasteiger partial charge >= 0.3 is 0 Å². The smallest absolute Gasteiger partial charge is 0.146 e. The van der Waals surface area contributed by atoms with E-state index in [1.54, 1.807) is 12.1 Å². The molecule has 0 saturated carbocycles. The van der Waals surface area contributed by atoms with Gasteiger partial charge in [0, 0.05) is 54.1 Å². The maximum atomic E-state index is 15.6. The third kappa shape index (κ3) is 7.33. The minimum Gasteiger partial charge on any atom is -0.382 e. The van der Waals surface area contributed by atoms with E-state index in [1.807, 2.05) is 48.5 Å². The number of unbranched alkanes of at least 4 members (excludes halogenated alkanes) is 2. The number of nitrogens with one attached hydrogen (secondary N) is 2. The van der Waals surface area contributed by atoms with Crippen LogP contribution in [0.25, 0.3) is 52.8 Å². The van der Waals surface area contributed by atoms with Gasteiger partial charge in [-0.05, 0) is 96.7 Å². The van der Waals surface area contributed by atoms with Gasteiger partial charge in [0.1, 0.15) is 34.0 Å². The van der Waals surface area contributed by atoms with Gasteiger partial charge in [-0.2, -0.15) is 8.73 Å². The summed E-state index contributed by atoms with van der Waals surface area (Å²) in [5, 5.41) is 15.7. The predicted molar refractivity (Wildman–Crippen MR) is 215 cm³/mol. The van der Waals surface area contributed by atoms with Crippen molar-refractivity contribution in [2.45, 2.75) is 91.1 Å². The van der Waals surface area contributed by atoms with Crippen LogP contribution < -0.4 is 10.6 Å². The van der Waals surface area contributed by atoms with Gasteiger partial charge in [-0.1, -0.05) is 53.4 Å². The standard InChI is InChI=1S/C40H42F2N6OS3/c1-5-9-11-23(7-3)43-25-13-15-27(29(41)21-25)31-17-19-33(50-31)35-37-38(46-49-45-37)36(40-39(35)47-52-48-40)34-20-18-32(51-34)28-16-14-26(22-30(28)42)44-24(8-4)12-10-6-2/h13-24,43-44H,5-12H2,1-4H3. The van der Waals surface area contributed by atoms with Gasteiger partial charge in [0.25, 0.3) is 0 Å². The Bertz CT molecular complexity index is 2120. The molecule has 2 unspecified atom stereocenters. The summed E-state index contributed by atoms with van der Waals surface area (Å²) in [7, 11) is 0. The highest BCUT2D eigenvalue weighted by Crippen LogP contribution is 2.54. The highest BCUT2D eigenvalue weighted by atomic mass is 32.1. The van der Waals surface area contributed by atoms with E-state index in [4.69, 9.17) is 13.4 Å². The number of anilines is 2. The Hall–Kier alpha value is -4.26. The summed E-state index contributed by atoms with van der Waals surface area (Å²) in [6.45, 7) is 8.68. The molecule has 52 heavy (non-hydrogen) atoms. The predicted octanol–water partition coefficient (Wildman–Crippen LogP) is 13.8. The number of hydrogen-bond acceptors (Lipinski definition) is 9. The summed E-state index contributed by atoms with van der Waals surface area (Å²) in [4.78, 5) is 3.29. The van der Waals surface area contributed by atoms with E-state index in [1.165, 1.54) is 22.7 Å². The Kier molecular flexibility index (Phi) is 11.2. The molecule has 1 aliphatic heterocycles. The molecule has 0 spiro atoms. The second kappa shape index (κ2) is 16.2. The highest BCUT2D eigenvalue weighted by molar-refractivity contribution is 7.58. The van der Waals surface area contributed by atoms with Crippen LogP contribution in [0.2, 0.25) is 0 Å². The van der Waals surface area contributed by atoms with Crippen molar-refractivity contribution in [1.82, 2.24) is 10.3 Å². The maximum absolute atomic E-state index is 15.6. The molecule has 0 radical (unpaired) electrons. The normalized spacial score (nSPS) is 13.3. The van der Waals surface area contributed by atoms with Crippen LogP contribution in [0.1, 0.15) is 79.1 Å². The molecule has 7 nitrogen and oxygen atoms in total. The van der Waals surface area contributed by atoms with Crippen LogP contribution >= 0.6 is 22.7 Å². The molecule has 2 N–H and O–H groups in total. The molecule has 0 bridgehead atoms. The van der Waals surface area contributed by atoms with E-state index in [0.717, 1.165) is 105 Å². The summed E-state index contributed by atoms with van der Waals surface area (Å²) in [5.41, 5.74) is 6.57. The third-order valence-corrected chi connectivity index (χ3v) is 12.4. The van der Waals surface area contributed by atoms with Crippen molar-refractivity contribution in [3.05, 3.63) is 72.3 Å². The Morgan fingerprint density at radius 2 is 1.06 bits per heavy atom. The first-order valence-corrected chi connectivity index (χ1v) is 20.5. The molecular formula is C40H42F2N6OS3. The average Bonchev–Trinajstić information content (AvgIpc) is 3.99. The molecule has 0 aliphatic carbocycles. The minimum atomic E-state index is -0.277. The number of rotatable bonds is 16. The van der Waals surface area contributed by atoms with Crippen molar-refractivity contribution in [2.75, 3.05) is 10.6 Å². The summed E-state index contributed by atoms with van der Waals surface area (Å²) < 4.78 is 45.8. The molecule has 12 heteroatoms. The molecule has 0 amide bonds. The first-order chi connectivity index (χ1) is 25.4. The lowest BCUT2D eigenvalue weighted by molar-refractivity contribution is 0.315. The quantitative estimate of drug-likeness (QED) is 0.102. The number of thiophene rings is 2. The lowest BCUT2D eigenvalue weighted by atomic mass is 10.0. The van der Waals surface area contributed by atoms with Crippen LogP contribution in [0.15, 0.2) is 74.0 Å². The van der Waals surface area contributed by atoms with Crippen molar-refractivity contribution in [3.63, 3.8) is 0 Å². The van der Waals surface area contributed by atoms with Crippen LogP contribution in [-0.4, -0.2) is 22.4 Å². The first kappa shape index (κ1) is 36.1. The number of halogens is 2. The molecule has 270 valence electrons. The average molecular weight is 757 g/mol. The second-order valence-corrected chi connectivity index (χ2v) is 15.9. The van der Waals surface area contributed by atoms with E-state index >= 15 is 8.78 Å². The number of hydrogen-bond donors (Lipinski definition) is 2. The third-order valence-electron chi connectivity index (χ3n) is 9.64. The van der Waals surface area contributed by atoms with Gasteiger partial charge in [0.15, 0.2) is 0 Å². The minimum absolute atomic E-state index is 0.277. The van der Waals surface area contributed by atoms with E-state index in [2.05, 4.69) is 48.6 Å². The molecule has 1 aliphatic rings. The number of benzene rings is 3. The van der Waals surface area contributed by atoms with Gasteiger partial charge in [-0.25, -0.2) is 13.4 Å². The molecule has 0 fully saturated rings. The monoisotopic (exact) mass is 756 g/mol. The largest absolute Gasteiger partial charge is 0.382 e. The number of nitrogens with zero attached hydrogens (tertiary/aromatic N) is 4. The Balaban J connectivity index is 1.18. The summed E-state index contributed by atoms with van der Waals surface area (Å²) in [6.07, 6.45) is 8.64. The van der Waals surface area contributed by atoms with Crippen LogP contribution in [0.3, 0.4) is 0 Å². The SMILES string of the molecule is CCCCC(CC)Nc1ccc(-c2ccc(-c3c4c(c(-c5ccc(-c6ccc(NC(CC)CCCC)cc6F)s5)c5nonc35)N=S=N4)s2)c(F)c1. The molecule has 0 saturated heterocycles. The van der Waals surface area contributed by atoms with Gasteiger partial charge in [0.2, 0.25) is 0 Å². The molecule has 4 heterocycles. The zero-order valence-corrected chi connectivity index (χ0v) is 32.2. The van der Waals surface area contributed by atoms with E-state index in [9.17, 15) is 0 Å². The number of aromatic nitrogens is 2. The molecule has 3 aromatic carbocycles. The zero-order valence-electron chi connectivity index (χ0n) is 29.8. The lowest BCUT2D eigenvalue weighted by Gasteiger charge is -2.18. The van der Waals surface area contributed by atoms with Gasteiger partial charge in [0.05, 0.1) is 22.5 Å². The first-order valence-electron chi connectivity index (χ1n) is 18.2. The summed E-state index contributed by atoms with van der Waals surface area (Å²) >= 11 is 4.04. The van der Waals surface area contributed by atoms with Gasteiger partial charge in [-0.3, -0.25) is 0 Å². The van der Waals surface area contributed by atoms with Crippen molar-refractivity contribution >= 4 is 67.8 Å². The molecule has 2 atom stereocenters. The van der Waals surface area contributed by atoms with Gasteiger partial charge < -0.3 is 10.6 Å². The molecule has 6 aromatic rings. The Morgan fingerprint density at radius 1 is 0.615 bits per heavy atom. The lowest BCUT2D eigenvalue weighted by Crippen LogP contribution is -2.18. The maximum Gasteiger partial charge on any atom is 0.146 e. The molecule has 3 aromatic heterocycles. The summed E-state index contributed by atoms with van der Waals surface area (Å²) in [6, 6.07) is 19.2. The second-order valence-electron chi connectivity index (χ2n) is 13.2. The fourth-order valence-corrected chi connectivity index (χ4v) is 9.42. The topological polar surface area (TPSA) is 87.7 Å². The molecular weight excluding hydrogens is 715 g/mol. The Morgan fingerprint density at radius 3 is 1.46 bits per heavy atom. The van der Waals surface area contributed by atoms with Crippen LogP contribution in [-0.2, 0) is 11.4 Å². The van der Waals surface area contributed by atoms with Gasteiger partial charge in [-0.15, -0.1) is 22.7 Å². The van der Waals surface area contributed by atoms with Crippen LogP contribution in [0, 0.1) is 11.6 Å². The fraction of sp³-hybridized carbons (Fsp3) is 0.350. The fourth-order valence-electron chi connectivity index (χ4n) is 6.70. The number of fused-ring (bicyclic) bond motifs is 2. The van der Waals surface area contributed by atoms with Crippen molar-refractivity contribution < 1.29 is 13.4 Å². The van der Waals surface area contributed by atoms with Crippen molar-refractivity contribution in [2.24, 2.45) is 8.73 Å². The molecule has 7 rings (SSSR count). The van der Waals surface area contributed by atoms with E-state index in [-0.39, 0.29) is 11.6 Å². The van der Waals surface area contributed by atoms with Crippen LogP contribution in [0.5, 0.6) is 0 Å². The van der Waals surface area contributed by atoms with Crippen LogP contribution in [0.4, 0.5) is 31.5 Å². The zero-order chi connectivity index (χ0) is 36.2. The van der Waals surface area contributed by atoms with E-state index < -0.39 is 0 Å². The highest BCUT2D eigenvalue weighted by Gasteiger charge is 2.29. The van der Waals surface area contributed by atoms with E-state index in [0.29, 0.717) is 45.6 Å². The van der Waals surface area contributed by atoms with Crippen molar-refractivity contribution in [1.29, 1.82) is 0 Å².